The molecule has 1 heterocycles. The van der Waals surface area contributed by atoms with Gasteiger partial charge >= 0.3 is 0 Å². The monoisotopic (exact) mass is 533 g/mol. The third kappa shape index (κ3) is 6.01. The molecule has 0 aromatic rings. The largest absolute Gasteiger partial charge is 0.355 e. The first-order valence-electron chi connectivity index (χ1n) is 11.4. The van der Waals surface area contributed by atoms with Crippen molar-refractivity contribution in [2.24, 2.45) is 16.3 Å². The first-order valence-corrected chi connectivity index (χ1v) is 11.4. The van der Waals surface area contributed by atoms with Gasteiger partial charge in [-0.2, -0.15) is 0 Å². The van der Waals surface area contributed by atoms with E-state index in [2.05, 4.69) is 15.6 Å². The number of rotatable bonds is 5. The van der Waals surface area contributed by atoms with E-state index < -0.39 is 0 Å². The standard InChI is InChI=1S/C22H39N5O2.HI/c1-23-21(24-16-22(12-7-8-13-22)20(29)26(2)3)25-18-11-14-27(15-18)19(28)17-9-5-4-6-10-17;/h17-18H,4-16H2,1-3H3,(H2,23,24,25);1H. The molecule has 3 fully saturated rings. The molecule has 1 atom stereocenters. The molecule has 3 rings (SSSR count). The van der Waals surface area contributed by atoms with Crippen LogP contribution in [-0.4, -0.2) is 74.4 Å². The fraction of sp³-hybridized carbons (Fsp3) is 0.864. The van der Waals surface area contributed by atoms with Gasteiger partial charge in [-0.05, 0) is 32.1 Å². The number of halogens is 1. The smallest absolute Gasteiger partial charge is 0.230 e. The molecule has 1 saturated heterocycles. The quantitative estimate of drug-likeness (QED) is 0.324. The molecule has 2 saturated carbocycles. The second kappa shape index (κ2) is 11.5. The highest BCUT2D eigenvalue weighted by molar-refractivity contribution is 14.0. The van der Waals surface area contributed by atoms with Crippen LogP contribution in [0.4, 0.5) is 0 Å². The van der Waals surface area contributed by atoms with Gasteiger partial charge in [-0.25, -0.2) is 0 Å². The summed E-state index contributed by atoms with van der Waals surface area (Å²) in [6.45, 7) is 2.19. The summed E-state index contributed by atoms with van der Waals surface area (Å²) < 4.78 is 0. The lowest BCUT2D eigenvalue weighted by molar-refractivity contribution is -0.139. The normalized spacial score (nSPS) is 24.3. The first kappa shape index (κ1) is 25.2. The molecule has 0 aromatic heterocycles. The number of amides is 2. The zero-order valence-electron chi connectivity index (χ0n) is 18.9. The molecule has 2 amide bonds. The van der Waals surface area contributed by atoms with Crippen molar-refractivity contribution in [3.8, 4) is 0 Å². The zero-order chi connectivity index (χ0) is 20.9. The van der Waals surface area contributed by atoms with E-state index in [-0.39, 0.29) is 47.3 Å². The van der Waals surface area contributed by atoms with Crippen molar-refractivity contribution in [2.45, 2.75) is 70.3 Å². The van der Waals surface area contributed by atoms with Crippen LogP contribution in [-0.2, 0) is 9.59 Å². The van der Waals surface area contributed by atoms with Crippen molar-refractivity contribution >= 4 is 41.8 Å². The third-order valence-corrected chi connectivity index (χ3v) is 7.03. The number of hydrogen-bond donors (Lipinski definition) is 2. The fourth-order valence-electron chi connectivity index (χ4n) is 5.32. The molecule has 0 bridgehead atoms. The highest BCUT2D eigenvalue weighted by Gasteiger charge is 2.42. The number of aliphatic imine (C=N–C) groups is 1. The predicted octanol–water partition coefficient (Wildman–Crippen LogP) is 2.60. The summed E-state index contributed by atoms with van der Waals surface area (Å²) in [7, 11) is 5.45. The first-order chi connectivity index (χ1) is 13.9. The Labute approximate surface area is 198 Å². The van der Waals surface area contributed by atoms with Crippen LogP contribution >= 0.6 is 24.0 Å². The van der Waals surface area contributed by atoms with Gasteiger partial charge in [-0.1, -0.05) is 32.1 Å². The van der Waals surface area contributed by atoms with E-state index in [1.807, 2.05) is 19.0 Å². The molecule has 2 aliphatic carbocycles. The molecule has 8 heteroatoms. The fourth-order valence-corrected chi connectivity index (χ4v) is 5.32. The summed E-state index contributed by atoms with van der Waals surface area (Å²) in [4.78, 5) is 33.7. The van der Waals surface area contributed by atoms with Gasteiger partial charge in [-0.15, -0.1) is 24.0 Å². The molecule has 0 aromatic carbocycles. The van der Waals surface area contributed by atoms with Crippen molar-refractivity contribution in [1.29, 1.82) is 0 Å². The van der Waals surface area contributed by atoms with Crippen LogP contribution in [0.15, 0.2) is 4.99 Å². The van der Waals surface area contributed by atoms with Crippen molar-refractivity contribution in [2.75, 3.05) is 40.8 Å². The summed E-state index contributed by atoms with van der Waals surface area (Å²) >= 11 is 0. The van der Waals surface area contributed by atoms with Crippen LogP contribution in [0.2, 0.25) is 0 Å². The summed E-state index contributed by atoms with van der Waals surface area (Å²) in [6.07, 6.45) is 10.8. The van der Waals surface area contributed by atoms with Crippen LogP contribution in [0.3, 0.4) is 0 Å². The van der Waals surface area contributed by atoms with Gasteiger partial charge in [0.15, 0.2) is 5.96 Å². The van der Waals surface area contributed by atoms with E-state index in [4.69, 9.17) is 0 Å². The van der Waals surface area contributed by atoms with E-state index in [1.54, 1.807) is 11.9 Å². The zero-order valence-corrected chi connectivity index (χ0v) is 21.2. The Morgan fingerprint density at radius 3 is 2.33 bits per heavy atom. The lowest BCUT2D eigenvalue weighted by atomic mass is 9.84. The molecule has 172 valence electrons. The van der Waals surface area contributed by atoms with Gasteiger partial charge in [0.25, 0.3) is 0 Å². The molecule has 0 radical (unpaired) electrons. The predicted molar refractivity (Wildman–Crippen MR) is 131 cm³/mol. The van der Waals surface area contributed by atoms with Crippen LogP contribution in [0.1, 0.15) is 64.2 Å². The van der Waals surface area contributed by atoms with Gasteiger partial charge < -0.3 is 20.4 Å². The average Bonchev–Trinajstić information content (AvgIpc) is 3.41. The van der Waals surface area contributed by atoms with Gasteiger partial charge in [0.2, 0.25) is 11.8 Å². The summed E-state index contributed by atoms with van der Waals surface area (Å²) in [5, 5.41) is 6.89. The maximum absolute atomic E-state index is 12.8. The van der Waals surface area contributed by atoms with Crippen molar-refractivity contribution in [3.63, 3.8) is 0 Å². The highest BCUT2D eigenvalue weighted by atomic mass is 127. The average molecular weight is 533 g/mol. The molecule has 7 nitrogen and oxygen atoms in total. The van der Waals surface area contributed by atoms with Gasteiger partial charge in [-0.3, -0.25) is 14.6 Å². The minimum absolute atomic E-state index is 0. The van der Waals surface area contributed by atoms with Crippen LogP contribution in [0.25, 0.3) is 0 Å². The summed E-state index contributed by atoms with van der Waals surface area (Å²) in [6, 6.07) is 0.220. The Hall–Kier alpha value is -1.06. The van der Waals surface area contributed by atoms with Crippen LogP contribution in [0.5, 0.6) is 0 Å². The molecule has 30 heavy (non-hydrogen) atoms. The topological polar surface area (TPSA) is 77.0 Å². The van der Waals surface area contributed by atoms with E-state index in [0.717, 1.165) is 64.0 Å². The maximum Gasteiger partial charge on any atom is 0.230 e. The number of likely N-dealkylation sites (tertiary alicyclic amines) is 1. The van der Waals surface area contributed by atoms with E-state index in [1.165, 1.54) is 19.3 Å². The number of hydrogen-bond acceptors (Lipinski definition) is 3. The Kier molecular flexibility index (Phi) is 9.68. The Morgan fingerprint density at radius 1 is 1.07 bits per heavy atom. The number of carbonyl (C=O) groups is 2. The van der Waals surface area contributed by atoms with E-state index in [0.29, 0.717) is 12.5 Å². The molecular weight excluding hydrogens is 493 g/mol. The lowest BCUT2D eigenvalue weighted by Gasteiger charge is -2.31. The number of nitrogens with one attached hydrogen (secondary N) is 2. The van der Waals surface area contributed by atoms with E-state index in [9.17, 15) is 9.59 Å². The summed E-state index contributed by atoms with van der Waals surface area (Å²) in [5.74, 6) is 1.53. The van der Waals surface area contributed by atoms with Crippen molar-refractivity contribution in [1.82, 2.24) is 20.4 Å². The molecule has 1 unspecified atom stereocenters. The maximum atomic E-state index is 12.8. The van der Waals surface area contributed by atoms with Gasteiger partial charge in [0, 0.05) is 52.7 Å². The second-order valence-electron chi connectivity index (χ2n) is 9.36. The van der Waals surface area contributed by atoms with Gasteiger partial charge in [0.1, 0.15) is 0 Å². The number of carbonyl (C=O) groups excluding carboxylic acids is 2. The molecule has 1 aliphatic heterocycles. The number of nitrogens with zero attached hydrogens (tertiary/aromatic N) is 3. The Balaban J connectivity index is 0.00000320. The molecular formula is C22H40IN5O2. The highest BCUT2D eigenvalue weighted by Crippen LogP contribution is 2.39. The van der Waals surface area contributed by atoms with Crippen molar-refractivity contribution < 1.29 is 9.59 Å². The molecule has 3 aliphatic rings. The minimum atomic E-state index is -0.320. The third-order valence-electron chi connectivity index (χ3n) is 7.03. The number of guanidine groups is 1. The SMILES string of the molecule is CN=C(NCC1(C(=O)N(C)C)CCCC1)NC1CCN(C(=O)C2CCCCC2)C1.I. The second-order valence-corrected chi connectivity index (χ2v) is 9.36. The summed E-state index contributed by atoms with van der Waals surface area (Å²) in [5.41, 5.74) is -0.320. The molecule has 0 spiro atoms. The Bertz CT molecular complexity index is 613. The van der Waals surface area contributed by atoms with Gasteiger partial charge in [0.05, 0.1) is 5.41 Å². The Morgan fingerprint density at radius 2 is 1.73 bits per heavy atom. The van der Waals surface area contributed by atoms with Crippen molar-refractivity contribution in [3.05, 3.63) is 0 Å². The molecule has 2 N–H and O–H groups in total. The minimum Gasteiger partial charge on any atom is -0.355 e. The lowest BCUT2D eigenvalue weighted by Crippen LogP contribution is -2.51. The van der Waals surface area contributed by atoms with Crippen LogP contribution in [0, 0.1) is 11.3 Å². The van der Waals surface area contributed by atoms with Crippen LogP contribution < -0.4 is 10.6 Å². The van der Waals surface area contributed by atoms with E-state index >= 15 is 0 Å².